The van der Waals surface area contributed by atoms with E-state index in [1.54, 1.807) is 4.31 Å². The minimum absolute atomic E-state index is 0.413. The van der Waals surface area contributed by atoms with Gasteiger partial charge in [0.15, 0.2) is 0 Å². The third-order valence-electron chi connectivity index (χ3n) is 3.17. The summed E-state index contributed by atoms with van der Waals surface area (Å²) in [5.74, 6) is 0. The Morgan fingerprint density at radius 2 is 2.18 bits per heavy atom. The van der Waals surface area contributed by atoms with Gasteiger partial charge in [-0.15, -0.1) is 0 Å². The number of rotatable bonds is 4. The van der Waals surface area contributed by atoms with Crippen LogP contribution in [0.3, 0.4) is 0 Å². The molecule has 0 saturated carbocycles. The number of H-pyrrole nitrogens is 1. The van der Waals surface area contributed by atoms with Crippen LogP contribution < -0.4 is 5.32 Å². The first-order valence-corrected chi connectivity index (χ1v) is 7.71. The molecule has 6 heteroatoms. The molecule has 0 bridgehead atoms. The lowest BCUT2D eigenvalue weighted by molar-refractivity contribution is 0.289. The average Bonchev–Trinajstić information content (AvgIpc) is 2.78. The number of nitrogens with one attached hydrogen (secondary N) is 2. The van der Waals surface area contributed by atoms with Gasteiger partial charge in [0.05, 0.1) is 6.26 Å². The first kappa shape index (κ1) is 12.6. The lowest BCUT2D eigenvalue weighted by Gasteiger charge is -2.30. The first-order valence-electron chi connectivity index (χ1n) is 5.86. The number of nitrogens with zero attached hydrogens (tertiary/aromatic N) is 1. The fourth-order valence-electron chi connectivity index (χ4n) is 2.12. The van der Waals surface area contributed by atoms with E-state index in [0.717, 1.165) is 25.1 Å². The first-order chi connectivity index (χ1) is 8.05. The lowest BCUT2D eigenvalue weighted by Crippen LogP contribution is -2.44. The van der Waals surface area contributed by atoms with E-state index in [4.69, 9.17) is 0 Å². The summed E-state index contributed by atoms with van der Waals surface area (Å²) in [6.45, 7) is 2.07. The Hall–Kier alpha value is -0.850. The zero-order valence-electron chi connectivity index (χ0n) is 10.0. The van der Waals surface area contributed by atoms with Gasteiger partial charge in [0.25, 0.3) is 0 Å². The van der Waals surface area contributed by atoms with Crippen LogP contribution in [0.15, 0.2) is 18.3 Å². The van der Waals surface area contributed by atoms with E-state index in [9.17, 15) is 8.42 Å². The van der Waals surface area contributed by atoms with E-state index >= 15 is 0 Å². The third kappa shape index (κ3) is 3.55. The predicted octanol–water partition coefficient (Wildman–Crippen LogP) is 0.528. The zero-order chi connectivity index (χ0) is 12.3. The Bertz CT molecular complexity index is 433. The molecule has 1 aromatic heterocycles. The maximum atomic E-state index is 11.3. The summed E-state index contributed by atoms with van der Waals surface area (Å²) in [6.07, 6.45) is 4.95. The monoisotopic (exact) mass is 257 g/mol. The van der Waals surface area contributed by atoms with Crippen molar-refractivity contribution in [3.63, 3.8) is 0 Å². The molecule has 0 spiro atoms. The van der Waals surface area contributed by atoms with Crippen LogP contribution >= 0.6 is 0 Å². The Kier molecular flexibility index (Phi) is 3.86. The average molecular weight is 257 g/mol. The Morgan fingerprint density at radius 1 is 1.47 bits per heavy atom. The van der Waals surface area contributed by atoms with Gasteiger partial charge in [0.2, 0.25) is 10.0 Å². The zero-order valence-corrected chi connectivity index (χ0v) is 10.8. The van der Waals surface area contributed by atoms with Gasteiger partial charge >= 0.3 is 0 Å². The highest BCUT2D eigenvalue weighted by molar-refractivity contribution is 7.88. The number of hydrogen-bond acceptors (Lipinski definition) is 3. The molecule has 1 aliphatic rings. The molecule has 5 nitrogen and oxygen atoms in total. The van der Waals surface area contributed by atoms with Crippen molar-refractivity contribution in [1.29, 1.82) is 0 Å². The topological polar surface area (TPSA) is 65.2 Å². The number of sulfonamides is 1. The SMILES string of the molecule is CS(=O)(=O)N1CCC(NCc2ccc[nH]2)CC1. The number of piperidine rings is 1. The van der Waals surface area contributed by atoms with E-state index in [1.165, 1.54) is 6.26 Å². The summed E-state index contributed by atoms with van der Waals surface area (Å²) in [6, 6.07) is 4.43. The van der Waals surface area contributed by atoms with Crippen molar-refractivity contribution in [2.45, 2.75) is 25.4 Å². The molecule has 1 aliphatic heterocycles. The van der Waals surface area contributed by atoms with Crippen LogP contribution in [-0.4, -0.2) is 43.1 Å². The highest BCUT2D eigenvalue weighted by Crippen LogP contribution is 2.13. The van der Waals surface area contributed by atoms with E-state index < -0.39 is 10.0 Å². The fraction of sp³-hybridized carbons (Fsp3) is 0.636. The molecule has 0 aliphatic carbocycles. The summed E-state index contributed by atoms with van der Waals surface area (Å²) in [4.78, 5) is 3.14. The molecule has 1 saturated heterocycles. The van der Waals surface area contributed by atoms with Gasteiger partial charge in [-0.05, 0) is 25.0 Å². The van der Waals surface area contributed by atoms with Crippen LogP contribution in [0, 0.1) is 0 Å². The van der Waals surface area contributed by atoms with Crippen molar-refractivity contribution in [1.82, 2.24) is 14.6 Å². The highest BCUT2D eigenvalue weighted by atomic mass is 32.2. The molecule has 17 heavy (non-hydrogen) atoms. The molecule has 0 radical (unpaired) electrons. The quantitative estimate of drug-likeness (QED) is 0.827. The predicted molar refractivity (Wildman–Crippen MR) is 67.1 cm³/mol. The van der Waals surface area contributed by atoms with E-state index in [2.05, 4.69) is 10.3 Å². The van der Waals surface area contributed by atoms with Crippen LogP contribution in [-0.2, 0) is 16.6 Å². The number of hydrogen-bond donors (Lipinski definition) is 2. The number of aromatic nitrogens is 1. The fourth-order valence-corrected chi connectivity index (χ4v) is 3.00. The van der Waals surface area contributed by atoms with Gasteiger partial charge in [-0.2, -0.15) is 0 Å². The van der Waals surface area contributed by atoms with E-state index in [0.29, 0.717) is 19.1 Å². The molecule has 1 aromatic rings. The van der Waals surface area contributed by atoms with Gasteiger partial charge in [-0.25, -0.2) is 12.7 Å². The van der Waals surface area contributed by atoms with Crippen LogP contribution in [0.4, 0.5) is 0 Å². The Balaban J connectivity index is 1.76. The summed E-state index contributed by atoms with van der Waals surface area (Å²) in [7, 11) is -3.01. The molecule has 1 fully saturated rings. The highest BCUT2D eigenvalue weighted by Gasteiger charge is 2.24. The summed E-state index contributed by atoms with van der Waals surface area (Å²) < 4.78 is 24.2. The van der Waals surface area contributed by atoms with Crippen molar-refractivity contribution in [2.24, 2.45) is 0 Å². The van der Waals surface area contributed by atoms with Crippen molar-refractivity contribution in [2.75, 3.05) is 19.3 Å². The second kappa shape index (κ2) is 5.20. The number of aromatic amines is 1. The van der Waals surface area contributed by atoms with Crippen LogP contribution in [0.1, 0.15) is 18.5 Å². The molecule has 2 N–H and O–H groups in total. The minimum atomic E-state index is -3.01. The molecule has 0 aromatic carbocycles. The molecule has 96 valence electrons. The Labute approximate surface area is 102 Å². The summed E-state index contributed by atoms with van der Waals surface area (Å²) in [5.41, 5.74) is 1.16. The minimum Gasteiger partial charge on any atom is -0.364 e. The normalized spacial score (nSPS) is 19.6. The van der Waals surface area contributed by atoms with Crippen LogP contribution in [0.2, 0.25) is 0 Å². The maximum Gasteiger partial charge on any atom is 0.211 e. The maximum absolute atomic E-state index is 11.3. The smallest absolute Gasteiger partial charge is 0.211 e. The van der Waals surface area contributed by atoms with Gasteiger partial charge in [-0.1, -0.05) is 0 Å². The van der Waals surface area contributed by atoms with Crippen LogP contribution in [0.5, 0.6) is 0 Å². The van der Waals surface area contributed by atoms with Gasteiger partial charge in [-0.3, -0.25) is 0 Å². The molecule has 2 rings (SSSR count). The lowest BCUT2D eigenvalue weighted by atomic mass is 10.1. The molecule has 0 atom stereocenters. The van der Waals surface area contributed by atoms with E-state index in [1.807, 2.05) is 18.3 Å². The molecular formula is C11H19N3O2S. The van der Waals surface area contributed by atoms with Crippen molar-refractivity contribution in [3.8, 4) is 0 Å². The van der Waals surface area contributed by atoms with Gasteiger partial charge in [0, 0.05) is 37.6 Å². The second-order valence-corrected chi connectivity index (χ2v) is 6.50. The third-order valence-corrected chi connectivity index (χ3v) is 4.47. The standard InChI is InChI=1S/C11H19N3O2S/c1-17(15,16)14-7-4-10(5-8-14)13-9-11-3-2-6-12-11/h2-3,6,10,12-13H,4-5,7-9H2,1H3. The molecular weight excluding hydrogens is 238 g/mol. The largest absolute Gasteiger partial charge is 0.364 e. The molecule has 2 heterocycles. The summed E-state index contributed by atoms with van der Waals surface area (Å²) >= 11 is 0. The van der Waals surface area contributed by atoms with Gasteiger partial charge < -0.3 is 10.3 Å². The summed E-state index contributed by atoms with van der Waals surface area (Å²) in [5, 5.41) is 3.44. The molecule has 0 amide bonds. The van der Waals surface area contributed by atoms with Gasteiger partial charge in [0.1, 0.15) is 0 Å². The van der Waals surface area contributed by atoms with Crippen molar-refractivity contribution < 1.29 is 8.42 Å². The van der Waals surface area contributed by atoms with Crippen molar-refractivity contribution >= 4 is 10.0 Å². The Morgan fingerprint density at radius 3 is 2.71 bits per heavy atom. The van der Waals surface area contributed by atoms with Crippen molar-refractivity contribution in [3.05, 3.63) is 24.0 Å². The molecule has 0 unspecified atom stereocenters. The second-order valence-electron chi connectivity index (χ2n) is 4.51. The van der Waals surface area contributed by atoms with E-state index in [-0.39, 0.29) is 0 Å². The van der Waals surface area contributed by atoms with Crippen LogP contribution in [0.25, 0.3) is 0 Å².